The van der Waals surface area contributed by atoms with E-state index in [2.05, 4.69) is 5.32 Å². The van der Waals surface area contributed by atoms with Crippen molar-refractivity contribution in [1.82, 2.24) is 5.32 Å². The van der Waals surface area contributed by atoms with Crippen molar-refractivity contribution in [3.8, 4) is 11.1 Å². The Labute approximate surface area is 158 Å². The minimum absolute atomic E-state index is 0. The van der Waals surface area contributed by atoms with Gasteiger partial charge in [0.25, 0.3) is 0 Å². The van der Waals surface area contributed by atoms with E-state index in [1.807, 2.05) is 43.3 Å². The summed E-state index contributed by atoms with van der Waals surface area (Å²) in [5, 5.41) is 3.94. The molecule has 2 aromatic rings. The maximum Gasteiger partial charge on any atom is 0.236 e. The summed E-state index contributed by atoms with van der Waals surface area (Å²) < 4.78 is 0. The predicted octanol–water partition coefficient (Wildman–Crippen LogP) is 4.48. The lowest BCUT2D eigenvalue weighted by molar-refractivity contribution is -0.122. The van der Waals surface area contributed by atoms with Crippen LogP contribution in [-0.2, 0) is 11.2 Å². The Morgan fingerprint density at radius 1 is 1.08 bits per heavy atom. The fourth-order valence-electron chi connectivity index (χ4n) is 2.19. The molecule has 0 radical (unpaired) electrons. The molecule has 1 unspecified atom stereocenters. The minimum atomic E-state index is -0.424. The Kier molecular flexibility index (Phi) is 8.57. The van der Waals surface area contributed by atoms with Gasteiger partial charge in [-0.3, -0.25) is 4.79 Å². The van der Waals surface area contributed by atoms with Gasteiger partial charge in [0.2, 0.25) is 5.91 Å². The number of hydrogen-bond acceptors (Lipinski definition) is 2. The van der Waals surface area contributed by atoms with Crippen LogP contribution in [0.1, 0.15) is 18.9 Å². The van der Waals surface area contributed by atoms with Crippen LogP contribution in [0.4, 0.5) is 0 Å². The summed E-state index contributed by atoms with van der Waals surface area (Å²) >= 11 is 12.0. The van der Waals surface area contributed by atoms with Gasteiger partial charge in [0.05, 0.1) is 16.1 Å². The number of rotatable bonds is 6. The standard InChI is InChI=1S/C18H20Cl2N2O.ClH/c1-2-17(21)18(23)22-10-9-12-3-5-13(6-4-12)14-7-8-15(19)16(20)11-14;/h3-8,11,17H,2,9-10,21H2,1H3,(H,22,23);1H. The SMILES string of the molecule is CCC(N)C(=O)NCCc1ccc(-c2ccc(Cl)c(Cl)c2)cc1.Cl. The number of carbonyl (C=O) groups excluding carboxylic acids is 1. The van der Waals surface area contributed by atoms with Crippen molar-refractivity contribution in [2.45, 2.75) is 25.8 Å². The number of amides is 1. The summed E-state index contributed by atoms with van der Waals surface area (Å²) in [6.07, 6.45) is 1.41. The second-order valence-electron chi connectivity index (χ2n) is 5.38. The van der Waals surface area contributed by atoms with E-state index >= 15 is 0 Å². The average molecular weight is 388 g/mol. The van der Waals surface area contributed by atoms with Crippen molar-refractivity contribution in [2.24, 2.45) is 5.73 Å². The highest BCUT2D eigenvalue weighted by Gasteiger charge is 2.09. The summed E-state index contributed by atoms with van der Waals surface area (Å²) in [5.74, 6) is -0.0973. The van der Waals surface area contributed by atoms with Crippen molar-refractivity contribution < 1.29 is 4.79 Å². The van der Waals surface area contributed by atoms with Gasteiger partial charge in [0.1, 0.15) is 0 Å². The second kappa shape index (κ2) is 9.90. The van der Waals surface area contributed by atoms with Crippen LogP contribution in [0.3, 0.4) is 0 Å². The molecule has 1 amide bonds. The van der Waals surface area contributed by atoms with Gasteiger partial charge in [-0.1, -0.05) is 60.5 Å². The number of carbonyl (C=O) groups is 1. The third-order valence-corrected chi connectivity index (χ3v) is 4.44. The fourth-order valence-corrected chi connectivity index (χ4v) is 2.48. The van der Waals surface area contributed by atoms with Gasteiger partial charge in [0.15, 0.2) is 0 Å². The molecule has 3 N–H and O–H groups in total. The topological polar surface area (TPSA) is 55.1 Å². The van der Waals surface area contributed by atoms with Crippen LogP contribution in [0, 0.1) is 0 Å². The molecule has 130 valence electrons. The van der Waals surface area contributed by atoms with E-state index < -0.39 is 6.04 Å². The van der Waals surface area contributed by atoms with E-state index in [9.17, 15) is 4.79 Å². The van der Waals surface area contributed by atoms with E-state index in [1.54, 1.807) is 6.07 Å². The van der Waals surface area contributed by atoms with Crippen molar-refractivity contribution >= 4 is 41.5 Å². The van der Waals surface area contributed by atoms with E-state index in [4.69, 9.17) is 28.9 Å². The zero-order valence-corrected chi connectivity index (χ0v) is 15.7. The van der Waals surface area contributed by atoms with Crippen LogP contribution < -0.4 is 11.1 Å². The van der Waals surface area contributed by atoms with Gasteiger partial charge in [-0.25, -0.2) is 0 Å². The largest absolute Gasteiger partial charge is 0.354 e. The van der Waals surface area contributed by atoms with Gasteiger partial charge in [-0.05, 0) is 41.7 Å². The van der Waals surface area contributed by atoms with Gasteiger partial charge in [-0.15, -0.1) is 12.4 Å². The highest BCUT2D eigenvalue weighted by molar-refractivity contribution is 6.42. The van der Waals surface area contributed by atoms with Crippen LogP contribution in [0.15, 0.2) is 42.5 Å². The van der Waals surface area contributed by atoms with Gasteiger partial charge >= 0.3 is 0 Å². The van der Waals surface area contributed by atoms with Crippen molar-refractivity contribution in [3.63, 3.8) is 0 Å². The van der Waals surface area contributed by atoms with Crippen LogP contribution in [0.25, 0.3) is 11.1 Å². The van der Waals surface area contributed by atoms with Crippen LogP contribution in [0.5, 0.6) is 0 Å². The Hall–Kier alpha value is -1.26. The van der Waals surface area contributed by atoms with Crippen molar-refractivity contribution in [1.29, 1.82) is 0 Å². The molecule has 0 bridgehead atoms. The molecule has 24 heavy (non-hydrogen) atoms. The average Bonchev–Trinajstić information content (AvgIpc) is 2.57. The molecular formula is C18H21Cl3N2O. The zero-order valence-electron chi connectivity index (χ0n) is 13.4. The van der Waals surface area contributed by atoms with Gasteiger partial charge in [0, 0.05) is 6.54 Å². The maximum absolute atomic E-state index is 11.6. The molecule has 0 aromatic heterocycles. The normalized spacial score (nSPS) is 11.5. The van der Waals surface area contributed by atoms with E-state index in [0.717, 1.165) is 23.1 Å². The molecule has 0 saturated carbocycles. The van der Waals surface area contributed by atoms with E-state index in [1.165, 1.54) is 0 Å². The van der Waals surface area contributed by atoms with E-state index in [-0.39, 0.29) is 18.3 Å². The molecule has 0 aliphatic rings. The Balaban J connectivity index is 0.00000288. The number of nitrogens with two attached hydrogens (primary N) is 1. The van der Waals surface area contributed by atoms with Gasteiger partial charge < -0.3 is 11.1 Å². The summed E-state index contributed by atoms with van der Waals surface area (Å²) in [6.45, 7) is 2.48. The molecule has 2 aromatic carbocycles. The summed E-state index contributed by atoms with van der Waals surface area (Å²) in [5.41, 5.74) is 8.92. The Morgan fingerprint density at radius 2 is 1.71 bits per heavy atom. The lowest BCUT2D eigenvalue weighted by Crippen LogP contribution is -2.40. The third-order valence-electron chi connectivity index (χ3n) is 3.70. The van der Waals surface area contributed by atoms with Gasteiger partial charge in [-0.2, -0.15) is 0 Å². The van der Waals surface area contributed by atoms with E-state index in [0.29, 0.717) is 23.0 Å². The highest BCUT2D eigenvalue weighted by Crippen LogP contribution is 2.28. The van der Waals surface area contributed by atoms with Crippen LogP contribution in [-0.4, -0.2) is 18.5 Å². The first-order chi connectivity index (χ1) is 11.0. The molecule has 0 aliphatic heterocycles. The van der Waals surface area contributed by atoms with Crippen LogP contribution in [0.2, 0.25) is 10.0 Å². The van der Waals surface area contributed by atoms with Crippen LogP contribution >= 0.6 is 35.6 Å². The molecular weight excluding hydrogens is 367 g/mol. The number of hydrogen-bond donors (Lipinski definition) is 2. The lowest BCUT2D eigenvalue weighted by Gasteiger charge is -2.10. The number of halogens is 3. The minimum Gasteiger partial charge on any atom is -0.354 e. The second-order valence-corrected chi connectivity index (χ2v) is 6.20. The quantitative estimate of drug-likeness (QED) is 0.768. The number of nitrogens with one attached hydrogen (secondary N) is 1. The Bertz CT molecular complexity index is 674. The summed E-state index contributed by atoms with van der Waals surface area (Å²) in [7, 11) is 0. The molecule has 0 heterocycles. The smallest absolute Gasteiger partial charge is 0.236 e. The molecule has 6 heteroatoms. The fraction of sp³-hybridized carbons (Fsp3) is 0.278. The summed E-state index contributed by atoms with van der Waals surface area (Å²) in [6, 6.07) is 13.3. The first kappa shape index (κ1) is 20.8. The van der Waals surface area contributed by atoms with Crippen molar-refractivity contribution in [3.05, 3.63) is 58.1 Å². The molecule has 1 atom stereocenters. The highest BCUT2D eigenvalue weighted by atomic mass is 35.5. The molecule has 0 spiro atoms. The molecule has 3 nitrogen and oxygen atoms in total. The molecule has 0 saturated heterocycles. The molecule has 0 fully saturated rings. The van der Waals surface area contributed by atoms with Crippen molar-refractivity contribution in [2.75, 3.05) is 6.54 Å². The first-order valence-electron chi connectivity index (χ1n) is 7.59. The molecule has 0 aliphatic carbocycles. The lowest BCUT2D eigenvalue weighted by atomic mass is 10.0. The molecule has 2 rings (SSSR count). The monoisotopic (exact) mass is 386 g/mol. The summed E-state index contributed by atoms with van der Waals surface area (Å²) in [4.78, 5) is 11.6. The predicted molar refractivity (Wildman–Crippen MR) is 104 cm³/mol. The maximum atomic E-state index is 11.6. The first-order valence-corrected chi connectivity index (χ1v) is 8.34. The zero-order chi connectivity index (χ0) is 16.8. The Morgan fingerprint density at radius 3 is 2.29 bits per heavy atom. The third kappa shape index (κ3) is 5.67. The number of benzene rings is 2.